The minimum absolute atomic E-state index is 0.118. The minimum Gasteiger partial charge on any atom is -0.390 e. The van der Waals surface area contributed by atoms with Gasteiger partial charge in [0.05, 0.1) is 11.5 Å². The molecule has 2 aromatic rings. The van der Waals surface area contributed by atoms with Crippen molar-refractivity contribution in [2.24, 2.45) is 5.84 Å². The summed E-state index contributed by atoms with van der Waals surface area (Å²) in [5.41, 5.74) is 2.73. The normalized spacial score (nSPS) is 10.2. The Labute approximate surface area is 111 Å². The van der Waals surface area contributed by atoms with Crippen molar-refractivity contribution in [1.82, 2.24) is 14.8 Å². The first kappa shape index (κ1) is 13.4. The molecule has 1 aromatic carbocycles. The molecule has 3 N–H and O–H groups in total. The number of aromatic nitrogens is 3. The largest absolute Gasteiger partial charge is 0.490 e. The third-order valence-corrected chi connectivity index (χ3v) is 2.45. The SMILES string of the molecule is NNc1ccc(Cn2cnc([N+](=O)[O-])n2)cc1[N+](=O)[O-]. The molecule has 0 unspecified atom stereocenters. The zero-order chi connectivity index (χ0) is 14.7. The third kappa shape index (κ3) is 2.67. The highest BCUT2D eigenvalue weighted by atomic mass is 16.6. The van der Waals surface area contributed by atoms with Crippen LogP contribution in [0.25, 0.3) is 0 Å². The second kappa shape index (κ2) is 5.27. The maximum absolute atomic E-state index is 10.9. The zero-order valence-corrected chi connectivity index (χ0v) is 9.96. The molecule has 0 atom stereocenters. The van der Waals surface area contributed by atoms with Crippen molar-refractivity contribution < 1.29 is 9.85 Å². The molecule has 0 saturated carbocycles. The summed E-state index contributed by atoms with van der Waals surface area (Å²) < 4.78 is 1.22. The van der Waals surface area contributed by atoms with E-state index in [0.29, 0.717) is 5.56 Å². The highest BCUT2D eigenvalue weighted by Crippen LogP contribution is 2.24. The van der Waals surface area contributed by atoms with Crippen LogP contribution in [-0.4, -0.2) is 24.6 Å². The first-order valence-corrected chi connectivity index (χ1v) is 5.29. The number of nitrogens with two attached hydrogens (primary N) is 1. The number of hydrogen-bond acceptors (Lipinski definition) is 8. The summed E-state index contributed by atoms with van der Waals surface area (Å²) in [6, 6.07) is 4.34. The van der Waals surface area contributed by atoms with Gasteiger partial charge in [-0.05, 0) is 16.6 Å². The number of hydrogen-bond donors (Lipinski definition) is 2. The number of anilines is 1. The summed E-state index contributed by atoms with van der Waals surface area (Å²) >= 11 is 0. The van der Waals surface area contributed by atoms with Crippen LogP contribution in [0.2, 0.25) is 0 Å². The van der Waals surface area contributed by atoms with Crippen LogP contribution in [0.3, 0.4) is 0 Å². The molecule has 1 aromatic heterocycles. The molecule has 104 valence electrons. The molecule has 0 aliphatic heterocycles. The summed E-state index contributed by atoms with van der Waals surface area (Å²) in [7, 11) is 0. The molecular weight excluding hydrogens is 270 g/mol. The highest BCUT2D eigenvalue weighted by molar-refractivity contribution is 5.61. The van der Waals surface area contributed by atoms with Crippen LogP contribution in [0.4, 0.5) is 17.3 Å². The van der Waals surface area contributed by atoms with E-state index in [1.807, 2.05) is 0 Å². The summed E-state index contributed by atoms with van der Waals surface area (Å²) in [6.07, 6.45) is 1.18. The molecule has 20 heavy (non-hydrogen) atoms. The second-order valence-electron chi connectivity index (χ2n) is 3.75. The summed E-state index contributed by atoms with van der Waals surface area (Å²) in [5.74, 6) is 4.64. The van der Waals surface area contributed by atoms with Crippen LogP contribution in [-0.2, 0) is 6.54 Å². The monoisotopic (exact) mass is 279 g/mol. The maximum Gasteiger partial charge on any atom is 0.490 e. The first-order chi connectivity index (χ1) is 9.51. The van der Waals surface area contributed by atoms with Gasteiger partial charge in [0, 0.05) is 11.2 Å². The van der Waals surface area contributed by atoms with Crippen LogP contribution in [0.1, 0.15) is 5.56 Å². The van der Waals surface area contributed by atoms with Crippen molar-refractivity contribution >= 4 is 17.3 Å². The standard InChI is InChI=1S/C9H9N7O4/c10-12-7-2-1-6(3-8(7)15(17)18)4-14-5-11-9(13-14)16(19)20/h1-3,5,12H,4,10H2. The lowest BCUT2D eigenvalue weighted by atomic mass is 10.2. The number of rotatable bonds is 5. The molecule has 11 heteroatoms. The number of hydrazine groups is 1. The van der Waals surface area contributed by atoms with Crippen LogP contribution >= 0.6 is 0 Å². The van der Waals surface area contributed by atoms with Crippen LogP contribution in [0, 0.1) is 20.2 Å². The summed E-state index contributed by atoms with van der Waals surface area (Å²) in [6.45, 7) is 0.118. The molecule has 0 spiro atoms. The average molecular weight is 279 g/mol. The number of nitrogens with zero attached hydrogens (tertiary/aromatic N) is 5. The molecule has 11 nitrogen and oxygen atoms in total. The molecule has 0 radical (unpaired) electrons. The number of nitrogens with one attached hydrogen (secondary N) is 1. The number of nitro groups is 2. The molecule has 0 aliphatic carbocycles. The number of benzene rings is 1. The maximum atomic E-state index is 10.9. The summed E-state index contributed by atoms with van der Waals surface area (Å²) in [4.78, 5) is 23.5. The van der Waals surface area contributed by atoms with E-state index in [1.54, 1.807) is 6.07 Å². The van der Waals surface area contributed by atoms with Gasteiger partial charge in [-0.2, -0.15) is 4.68 Å². The molecule has 1 heterocycles. The van der Waals surface area contributed by atoms with E-state index in [0.717, 1.165) is 0 Å². The van der Waals surface area contributed by atoms with Gasteiger partial charge in [0.25, 0.3) is 5.69 Å². The third-order valence-electron chi connectivity index (χ3n) is 2.45. The van der Waals surface area contributed by atoms with Gasteiger partial charge in [-0.15, -0.1) is 0 Å². The smallest absolute Gasteiger partial charge is 0.390 e. The molecule has 2 rings (SSSR count). The number of nitro benzene ring substituents is 1. The lowest BCUT2D eigenvalue weighted by molar-refractivity contribution is -0.394. The fourth-order valence-electron chi connectivity index (χ4n) is 1.58. The Morgan fingerprint density at radius 3 is 2.60 bits per heavy atom. The Morgan fingerprint density at radius 2 is 2.05 bits per heavy atom. The molecule has 0 aliphatic rings. The van der Waals surface area contributed by atoms with Gasteiger partial charge < -0.3 is 15.5 Å². The molecule has 0 fully saturated rings. The Balaban J connectivity index is 2.26. The lowest BCUT2D eigenvalue weighted by Crippen LogP contribution is -2.10. The zero-order valence-electron chi connectivity index (χ0n) is 9.96. The van der Waals surface area contributed by atoms with Gasteiger partial charge in [-0.1, -0.05) is 11.1 Å². The van der Waals surface area contributed by atoms with Gasteiger partial charge in [-0.25, -0.2) is 0 Å². The van der Waals surface area contributed by atoms with Gasteiger partial charge >= 0.3 is 5.95 Å². The number of nitrogen functional groups attached to an aromatic ring is 1. The highest BCUT2D eigenvalue weighted by Gasteiger charge is 2.16. The Kier molecular flexibility index (Phi) is 3.52. The van der Waals surface area contributed by atoms with E-state index in [-0.39, 0.29) is 17.9 Å². The fourth-order valence-corrected chi connectivity index (χ4v) is 1.58. The molecule has 0 amide bonds. The van der Waals surface area contributed by atoms with Crippen LogP contribution in [0.5, 0.6) is 0 Å². The summed E-state index contributed by atoms with van der Waals surface area (Å²) in [5, 5.41) is 24.9. The van der Waals surface area contributed by atoms with Crippen molar-refractivity contribution in [3.63, 3.8) is 0 Å². The van der Waals surface area contributed by atoms with Crippen molar-refractivity contribution in [1.29, 1.82) is 0 Å². The van der Waals surface area contributed by atoms with E-state index in [1.165, 1.54) is 23.1 Å². The van der Waals surface area contributed by atoms with Gasteiger partial charge in [0.2, 0.25) is 6.33 Å². The van der Waals surface area contributed by atoms with Crippen molar-refractivity contribution in [2.45, 2.75) is 6.54 Å². The lowest BCUT2D eigenvalue weighted by Gasteiger charge is -2.04. The fraction of sp³-hybridized carbons (Fsp3) is 0.111. The van der Waals surface area contributed by atoms with Crippen LogP contribution in [0.15, 0.2) is 24.5 Å². The van der Waals surface area contributed by atoms with E-state index < -0.39 is 15.8 Å². The van der Waals surface area contributed by atoms with Crippen LogP contribution < -0.4 is 11.3 Å². The second-order valence-corrected chi connectivity index (χ2v) is 3.75. The van der Waals surface area contributed by atoms with E-state index in [2.05, 4.69) is 15.5 Å². The van der Waals surface area contributed by atoms with Gasteiger partial charge in [-0.3, -0.25) is 16.0 Å². The predicted octanol–water partition coefficient (Wildman–Crippen LogP) is 0.428. The first-order valence-electron chi connectivity index (χ1n) is 5.29. The quantitative estimate of drug-likeness (QED) is 0.453. The van der Waals surface area contributed by atoms with Gasteiger partial charge in [0.15, 0.2) is 0 Å². The Hall–Kier alpha value is -3.08. The van der Waals surface area contributed by atoms with E-state index in [9.17, 15) is 20.2 Å². The van der Waals surface area contributed by atoms with Crippen molar-refractivity contribution in [2.75, 3.05) is 5.43 Å². The molecule has 0 bridgehead atoms. The van der Waals surface area contributed by atoms with E-state index >= 15 is 0 Å². The van der Waals surface area contributed by atoms with Crippen molar-refractivity contribution in [3.8, 4) is 0 Å². The molecule has 0 saturated heterocycles. The van der Waals surface area contributed by atoms with E-state index in [4.69, 9.17) is 5.84 Å². The Morgan fingerprint density at radius 1 is 1.30 bits per heavy atom. The molecular formula is C9H9N7O4. The predicted molar refractivity (Wildman–Crippen MR) is 66.7 cm³/mol. The van der Waals surface area contributed by atoms with Gasteiger partial charge in [0.1, 0.15) is 5.69 Å². The van der Waals surface area contributed by atoms with Crippen molar-refractivity contribution in [3.05, 3.63) is 50.3 Å². The average Bonchev–Trinajstić information content (AvgIpc) is 2.87. The topological polar surface area (TPSA) is 155 Å². The Bertz CT molecular complexity index is 668. The minimum atomic E-state index is -0.722.